The highest BCUT2D eigenvalue weighted by Gasteiger charge is 2.13. The van der Waals surface area contributed by atoms with E-state index in [1.807, 2.05) is 24.3 Å². The van der Waals surface area contributed by atoms with Crippen LogP contribution in [0.4, 0.5) is 5.82 Å². The van der Waals surface area contributed by atoms with Crippen LogP contribution in [0, 0.1) is 0 Å². The van der Waals surface area contributed by atoms with Gasteiger partial charge in [0.1, 0.15) is 5.82 Å². The topological polar surface area (TPSA) is 70.1 Å². The highest BCUT2D eigenvalue weighted by molar-refractivity contribution is 9.10. The molecule has 0 fully saturated rings. The van der Waals surface area contributed by atoms with Gasteiger partial charge in [-0.2, -0.15) is 5.10 Å². The number of benzene rings is 1. The summed E-state index contributed by atoms with van der Waals surface area (Å²) in [5, 5.41) is 4.16. The molecule has 1 aromatic heterocycles. The fourth-order valence-corrected chi connectivity index (χ4v) is 2.12. The molecule has 0 aliphatic carbocycles. The minimum Gasteiger partial charge on any atom is -0.461 e. The zero-order valence-corrected chi connectivity index (χ0v) is 12.1. The summed E-state index contributed by atoms with van der Waals surface area (Å²) in [5.41, 5.74) is 7.11. The van der Waals surface area contributed by atoms with E-state index in [9.17, 15) is 4.79 Å². The SMILES string of the molecule is CCOC(=O)c1cc(N)n(Cc2cccc(Br)c2)n1. The fourth-order valence-electron chi connectivity index (χ4n) is 1.67. The van der Waals surface area contributed by atoms with Gasteiger partial charge in [0, 0.05) is 10.5 Å². The van der Waals surface area contributed by atoms with Gasteiger partial charge in [-0.25, -0.2) is 9.48 Å². The van der Waals surface area contributed by atoms with Gasteiger partial charge in [0.2, 0.25) is 0 Å². The number of nitrogens with two attached hydrogens (primary N) is 1. The molecule has 0 amide bonds. The lowest BCUT2D eigenvalue weighted by Crippen LogP contribution is -2.09. The number of halogens is 1. The molecule has 100 valence electrons. The Bertz CT molecular complexity index is 595. The zero-order valence-electron chi connectivity index (χ0n) is 10.5. The summed E-state index contributed by atoms with van der Waals surface area (Å²) in [6, 6.07) is 9.35. The molecule has 0 aliphatic heterocycles. The Kier molecular flexibility index (Phi) is 4.21. The number of rotatable bonds is 4. The van der Waals surface area contributed by atoms with E-state index in [1.165, 1.54) is 6.07 Å². The van der Waals surface area contributed by atoms with Crippen LogP contribution in [0.5, 0.6) is 0 Å². The molecule has 6 heteroatoms. The number of anilines is 1. The second-order valence-corrected chi connectivity index (χ2v) is 4.88. The van der Waals surface area contributed by atoms with Crippen molar-refractivity contribution in [2.24, 2.45) is 0 Å². The monoisotopic (exact) mass is 323 g/mol. The van der Waals surface area contributed by atoms with E-state index >= 15 is 0 Å². The highest BCUT2D eigenvalue weighted by atomic mass is 79.9. The third-order valence-corrected chi connectivity index (χ3v) is 3.01. The molecule has 0 unspecified atom stereocenters. The lowest BCUT2D eigenvalue weighted by atomic mass is 10.2. The Morgan fingerprint density at radius 1 is 1.47 bits per heavy atom. The van der Waals surface area contributed by atoms with Gasteiger partial charge in [-0.3, -0.25) is 0 Å². The Morgan fingerprint density at radius 2 is 2.26 bits per heavy atom. The zero-order chi connectivity index (χ0) is 13.8. The minimum absolute atomic E-state index is 0.231. The summed E-state index contributed by atoms with van der Waals surface area (Å²) in [4.78, 5) is 11.6. The van der Waals surface area contributed by atoms with Crippen LogP contribution in [0.1, 0.15) is 23.0 Å². The second-order valence-electron chi connectivity index (χ2n) is 3.96. The van der Waals surface area contributed by atoms with E-state index in [4.69, 9.17) is 10.5 Å². The first-order chi connectivity index (χ1) is 9.10. The normalized spacial score (nSPS) is 10.4. The Labute approximate surface area is 119 Å². The number of hydrogen-bond acceptors (Lipinski definition) is 4. The number of carbonyl (C=O) groups is 1. The number of nitrogen functional groups attached to an aromatic ring is 1. The minimum atomic E-state index is -0.456. The Morgan fingerprint density at radius 3 is 2.95 bits per heavy atom. The van der Waals surface area contributed by atoms with E-state index in [2.05, 4.69) is 21.0 Å². The van der Waals surface area contributed by atoms with Gasteiger partial charge < -0.3 is 10.5 Å². The van der Waals surface area contributed by atoms with Crippen molar-refractivity contribution in [3.8, 4) is 0 Å². The summed E-state index contributed by atoms with van der Waals surface area (Å²) in [6.07, 6.45) is 0. The van der Waals surface area contributed by atoms with E-state index in [0.717, 1.165) is 10.0 Å². The largest absolute Gasteiger partial charge is 0.461 e. The molecule has 2 N–H and O–H groups in total. The summed E-state index contributed by atoms with van der Waals surface area (Å²) in [5.74, 6) is -0.0229. The number of nitrogens with zero attached hydrogens (tertiary/aromatic N) is 2. The molecule has 2 rings (SSSR count). The second kappa shape index (κ2) is 5.88. The smallest absolute Gasteiger partial charge is 0.358 e. The van der Waals surface area contributed by atoms with Gasteiger partial charge in [-0.05, 0) is 24.6 Å². The maximum atomic E-state index is 11.6. The van der Waals surface area contributed by atoms with Crippen molar-refractivity contribution >= 4 is 27.7 Å². The average molecular weight is 324 g/mol. The quantitative estimate of drug-likeness (QED) is 0.877. The summed E-state index contributed by atoms with van der Waals surface area (Å²) >= 11 is 3.41. The van der Waals surface area contributed by atoms with Crippen molar-refractivity contribution < 1.29 is 9.53 Å². The van der Waals surface area contributed by atoms with E-state index in [1.54, 1.807) is 11.6 Å². The average Bonchev–Trinajstić information content (AvgIpc) is 2.71. The summed E-state index contributed by atoms with van der Waals surface area (Å²) < 4.78 is 7.45. The van der Waals surface area contributed by atoms with Crippen LogP contribution in [0.25, 0.3) is 0 Å². The van der Waals surface area contributed by atoms with Crippen LogP contribution < -0.4 is 5.73 Å². The number of esters is 1. The van der Waals surface area contributed by atoms with E-state index in [0.29, 0.717) is 19.0 Å². The van der Waals surface area contributed by atoms with Crippen molar-refractivity contribution in [2.75, 3.05) is 12.3 Å². The molecule has 2 aromatic rings. The molecule has 0 spiro atoms. The van der Waals surface area contributed by atoms with Crippen LogP contribution in [0.3, 0.4) is 0 Å². The van der Waals surface area contributed by atoms with E-state index in [-0.39, 0.29) is 5.69 Å². The predicted octanol–water partition coefficient (Wildman–Crippen LogP) is 2.45. The van der Waals surface area contributed by atoms with Crippen molar-refractivity contribution in [3.05, 3.63) is 46.1 Å². The number of aromatic nitrogens is 2. The molecule has 0 bridgehead atoms. The molecule has 5 nitrogen and oxygen atoms in total. The van der Waals surface area contributed by atoms with Crippen molar-refractivity contribution in [1.29, 1.82) is 0 Å². The van der Waals surface area contributed by atoms with Crippen LogP contribution in [-0.4, -0.2) is 22.4 Å². The maximum absolute atomic E-state index is 11.6. The molecule has 19 heavy (non-hydrogen) atoms. The molecular formula is C13H14BrN3O2. The number of ether oxygens (including phenoxy) is 1. The fraction of sp³-hybridized carbons (Fsp3) is 0.231. The van der Waals surface area contributed by atoms with E-state index < -0.39 is 5.97 Å². The highest BCUT2D eigenvalue weighted by Crippen LogP contribution is 2.15. The standard InChI is InChI=1S/C13H14BrN3O2/c1-2-19-13(18)11-7-12(15)17(16-11)8-9-4-3-5-10(14)6-9/h3-7H,2,8,15H2,1H3. The molecule has 0 aliphatic rings. The van der Waals surface area contributed by atoms with Crippen LogP contribution in [-0.2, 0) is 11.3 Å². The van der Waals surface area contributed by atoms with Gasteiger partial charge in [0.15, 0.2) is 5.69 Å². The molecule has 0 atom stereocenters. The van der Waals surface area contributed by atoms with Crippen molar-refractivity contribution in [1.82, 2.24) is 9.78 Å². The number of hydrogen-bond donors (Lipinski definition) is 1. The van der Waals surface area contributed by atoms with Gasteiger partial charge in [0.05, 0.1) is 13.2 Å². The first kappa shape index (κ1) is 13.6. The molecule has 0 saturated heterocycles. The van der Waals surface area contributed by atoms with Crippen LogP contribution in [0.15, 0.2) is 34.8 Å². The lowest BCUT2D eigenvalue weighted by Gasteiger charge is -2.04. The maximum Gasteiger partial charge on any atom is 0.358 e. The summed E-state index contributed by atoms with van der Waals surface area (Å²) in [6.45, 7) is 2.57. The van der Waals surface area contributed by atoms with Crippen molar-refractivity contribution in [2.45, 2.75) is 13.5 Å². The molecular weight excluding hydrogens is 310 g/mol. The first-order valence-corrected chi connectivity index (χ1v) is 6.64. The number of carbonyl (C=O) groups excluding carboxylic acids is 1. The lowest BCUT2D eigenvalue weighted by molar-refractivity contribution is 0.0518. The van der Waals surface area contributed by atoms with Crippen LogP contribution >= 0.6 is 15.9 Å². The summed E-state index contributed by atoms with van der Waals surface area (Å²) in [7, 11) is 0. The van der Waals surface area contributed by atoms with Gasteiger partial charge in [0.25, 0.3) is 0 Å². The molecule has 1 aromatic carbocycles. The predicted molar refractivity (Wildman–Crippen MR) is 75.8 cm³/mol. The molecule has 0 radical (unpaired) electrons. The van der Waals surface area contributed by atoms with Gasteiger partial charge in [-0.15, -0.1) is 0 Å². The van der Waals surface area contributed by atoms with Crippen molar-refractivity contribution in [3.63, 3.8) is 0 Å². The molecule has 1 heterocycles. The molecule has 0 saturated carbocycles. The first-order valence-electron chi connectivity index (χ1n) is 5.85. The Hall–Kier alpha value is -1.82. The van der Waals surface area contributed by atoms with Crippen LogP contribution in [0.2, 0.25) is 0 Å². The van der Waals surface area contributed by atoms with Gasteiger partial charge >= 0.3 is 5.97 Å². The third-order valence-electron chi connectivity index (χ3n) is 2.52. The Balaban J connectivity index is 2.19. The third kappa shape index (κ3) is 3.35. The van der Waals surface area contributed by atoms with Gasteiger partial charge in [-0.1, -0.05) is 28.1 Å².